The third-order valence-corrected chi connectivity index (χ3v) is 6.95. The van der Waals surface area contributed by atoms with E-state index in [0.717, 1.165) is 0 Å². The minimum atomic E-state index is -1.07. The van der Waals surface area contributed by atoms with Gasteiger partial charge in [0.1, 0.15) is 0 Å². The summed E-state index contributed by atoms with van der Waals surface area (Å²) < 4.78 is 28.5. The maximum absolute atomic E-state index is 7.50. The van der Waals surface area contributed by atoms with Crippen LogP contribution >= 0.6 is 8.15 Å². The summed E-state index contributed by atoms with van der Waals surface area (Å²) in [6.07, 6.45) is 4.82. The van der Waals surface area contributed by atoms with Crippen LogP contribution in [0.25, 0.3) is 0 Å². The Bertz CT molecular complexity index is 400. The first kappa shape index (κ1) is 34.6. The maximum Gasteiger partial charge on any atom is 0 e. The van der Waals surface area contributed by atoms with Gasteiger partial charge in [0.15, 0.2) is 19.5 Å². The zero-order valence-corrected chi connectivity index (χ0v) is 20.5. The van der Waals surface area contributed by atoms with E-state index in [1.807, 2.05) is 7.11 Å². The summed E-state index contributed by atoms with van der Waals surface area (Å²) in [6.45, 7) is 34.2. The molecule has 0 spiro atoms. The van der Waals surface area contributed by atoms with Crippen LogP contribution in [-0.4, -0.2) is 7.11 Å². The van der Waals surface area contributed by atoms with Crippen molar-refractivity contribution in [1.29, 1.82) is 0 Å². The summed E-state index contributed by atoms with van der Waals surface area (Å²) in [4.78, 5) is 0. The SMILES string of the molecule is CO[PH+]1[C](C(C)(C)C)[CH][C](C(C)(C)C)[CH][C]1C(C)(C)C.[C-]#[O+].[C-]#[O+].[C-]#[O+].[Cr]. The molecule has 1 aliphatic rings. The molecule has 1 heterocycles. The second kappa shape index (κ2) is 15.0. The van der Waals surface area contributed by atoms with Crippen LogP contribution < -0.4 is 0 Å². The summed E-state index contributed by atoms with van der Waals surface area (Å²) in [5.74, 6) is 1.43. The molecular weight excluding hydrogens is 399 g/mol. The Morgan fingerprint density at radius 1 is 0.667 bits per heavy atom. The standard InChI is InChI=1S/C18H33OP.3CO.Cr/c1-16(2,3)13-11-14(17(4,5)6)20(19-10)15(12-13)18(7,8)9;3*1-2;/h11-12,20H,1-10H3;;;;/q+1;;;;. The van der Waals surface area contributed by atoms with E-state index in [1.165, 1.54) is 17.2 Å². The molecule has 0 amide bonds. The fourth-order valence-corrected chi connectivity index (χ4v) is 5.06. The zero-order chi connectivity index (χ0) is 21.9. The molecule has 0 unspecified atom stereocenters. The van der Waals surface area contributed by atoms with Crippen LogP contribution in [0.4, 0.5) is 0 Å². The van der Waals surface area contributed by atoms with Crippen molar-refractivity contribution in [3.05, 3.63) is 50.0 Å². The summed E-state index contributed by atoms with van der Waals surface area (Å²) >= 11 is 0. The topological polar surface area (TPSA) is 68.9 Å². The third kappa shape index (κ3) is 11.7. The monoisotopic (exact) mass is 432 g/mol. The smallest absolute Gasteiger partial charge is 0 e. The van der Waals surface area contributed by atoms with Crippen LogP contribution in [0.3, 0.4) is 0 Å². The average molecular weight is 432 g/mol. The molecule has 1 fully saturated rings. The van der Waals surface area contributed by atoms with Gasteiger partial charge in [0.25, 0.3) is 0 Å². The van der Waals surface area contributed by atoms with Gasteiger partial charge in [0.05, 0.1) is 7.11 Å². The molecule has 27 heavy (non-hydrogen) atoms. The van der Waals surface area contributed by atoms with Gasteiger partial charge in [-0.2, -0.15) is 0 Å². The Morgan fingerprint density at radius 2 is 0.926 bits per heavy atom. The molecule has 0 aromatic rings. The minimum absolute atomic E-state index is 0. The predicted molar refractivity (Wildman–Crippen MR) is 104 cm³/mol. The average Bonchev–Trinajstić information content (AvgIpc) is 2.56. The molecule has 0 N–H and O–H groups in total. The normalized spacial score (nSPS) is 16.9. The Morgan fingerprint density at radius 3 is 1.07 bits per heavy atom. The van der Waals surface area contributed by atoms with Gasteiger partial charge in [-0.05, 0) is 11.3 Å². The van der Waals surface area contributed by atoms with E-state index in [4.69, 9.17) is 18.5 Å². The van der Waals surface area contributed by atoms with E-state index < -0.39 is 8.15 Å². The molecule has 0 bridgehead atoms. The van der Waals surface area contributed by atoms with Crippen LogP contribution in [0.5, 0.6) is 0 Å². The molecule has 0 atom stereocenters. The first-order chi connectivity index (χ1) is 11.8. The van der Waals surface area contributed by atoms with Gasteiger partial charge in [0, 0.05) is 41.0 Å². The van der Waals surface area contributed by atoms with Crippen LogP contribution in [0, 0.1) is 66.3 Å². The maximum atomic E-state index is 7.50. The Hall–Kier alpha value is 0.142. The molecule has 6 heteroatoms. The molecule has 1 aliphatic heterocycles. The first-order valence-corrected chi connectivity index (χ1v) is 9.54. The molecule has 151 valence electrons. The largest absolute Gasteiger partial charge is 0 e. The molecule has 0 aliphatic carbocycles. The van der Waals surface area contributed by atoms with Gasteiger partial charge in [-0.25, -0.2) is 4.52 Å². The molecular formula is C21H33CrO4P+. The second-order valence-corrected chi connectivity index (χ2v) is 11.0. The molecule has 4 nitrogen and oxygen atoms in total. The van der Waals surface area contributed by atoms with Gasteiger partial charge in [-0.15, -0.1) is 0 Å². The molecule has 0 saturated carbocycles. The van der Waals surface area contributed by atoms with Gasteiger partial charge in [0.2, 0.25) is 0 Å². The van der Waals surface area contributed by atoms with E-state index in [2.05, 4.69) is 95.1 Å². The number of hydrogen-bond donors (Lipinski definition) is 0. The molecule has 1 rings (SSSR count). The van der Waals surface area contributed by atoms with Gasteiger partial charge >= 0.3 is 33.9 Å². The van der Waals surface area contributed by atoms with Crippen molar-refractivity contribution in [2.24, 2.45) is 16.2 Å². The van der Waals surface area contributed by atoms with Crippen molar-refractivity contribution in [2.75, 3.05) is 7.11 Å². The van der Waals surface area contributed by atoms with E-state index in [1.54, 1.807) is 0 Å². The number of hydrogen-bond acceptors (Lipinski definition) is 1. The van der Waals surface area contributed by atoms with Crippen LogP contribution in [0.2, 0.25) is 0 Å². The summed E-state index contributed by atoms with van der Waals surface area (Å²) in [5.41, 5.74) is 3.47. The van der Waals surface area contributed by atoms with Gasteiger partial charge in [-0.1, -0.05) is 62.3 Å². The van der Waals surface area contributed by atoms with E-state index in [0.29, 0.717) is 0 Å². The fraction of sp³-hybridized carbons (Fsp3) is 0.619. The molecule has 0 aromatic carbocycles. The first-order valence-electron chi connectivity index (χ1n) is 8.13. The van der Waals surface area contributed by atoms with E-state index >= 15 is 0 Å². The van der Waals surface area contributed by atoms with Crippen molar-refractivity contribution >= 4 is 8.15 Å². The van der Waals surface area contributed by atoms with E-state index in [-0.39, 0.29) is 33.6 Å². The van der Waals surface area contributed by atoms with Crippen molar-refractivity contribution in [3.63, 3.8) is 0 Å². The quantitative estimate of drug-likeness (QED) is 0.291. The minimum Gasteiger partial charge on any atom is 0 e. The van der Waals surface area contributed by atoms with Gasteiger partial charge in [-0.3, -0.25) is 0 Å². The molecule has 1 saturated heterocycles. The van der Waals surface area contributed by atoms with Crippen molar-refractivity contribution in [3.8, 4) is 0 Å². The van der Waals surface area contributed by atoms with Crippen molar-refractivity contribution < 1.29 is 35.8 Å². The molecule has 5 radical (unpaired) electrons. The van der Waals surface area contributed by atoms with Gasteiger partial charge < -0.3 is 0 Å². The summed E-state index contributed by atoms with van der Waals surface area (Å²) in [7, 11) is 0.801. The van der Waals surface area contributed by atoms with Crippen molar-refractivity contribution in [1.82, 2.24) is 0 Å². The Kier molecular flexibility index (Phi) is 19.3. The van der Waals surface area contributed by atoms with Crippen LogP contribution in [-0.2, 0) is 35.8 Å². The fourth-order valence-electron chi connectivity index (χ4n) is 2.40. The summed E-state index contributed by atoms with van der Waals surface area (Å²) in [5, 5.41) is 0. The Balaban J connectivity index is -0.000000342. The summed E-state index contributed by atoms with van der Waals surface area (Å²) in [6, 6.07) is 0. The Labute approximate surface area is 179 Å². The predicted octanol–water partition coefficient (Wildman–Crippen LogP) is 5.85. The van der Waals surface area contributed by atoms with E-state index in [9.17, 15) is 0 Å². The number of rotatable bonds is 1. The second-order valence-electron chi connectivity index (χ2n) is 8.85. The van der Waals surface area contributed by atoms with Crippen LogP contribution in [0.15, 0.2) is 0 Å². The van der Waals surface area contributed by atoms with Crippen LogP contribution in [0.1, 0.15) is 62.3 Å². The third-order valence-electron chi connectivity index (χ3n) is 3.78. The molecule has 0 aromatic heterocycles. The van der Waals surface area contributed by atoms with Crippen molar-refractivity contribution in [2.45, 2.75) is 62.3 Å². The zero-order valence-electron chi connectivity index (χ0n) is 18.2.